The number of nitrogens with zero attached hydrogens (tertiary/aromatic N) is 2. The number of ether oxygens (including phenoxy) is 1. The zero-order valence-electron chi connectivity index (χ0n) is 17.9. The first-order chi connectivity index (χ1) is 15.9. The maximum absolute atomic E-state index is 12.9. The van der Waals surface area contributed by atoms with E-state index in [-0.39, 0.29) is 42.4 Å². The second-order valence-electron chi connectivity index (χ2n) is 7.41. The van der Waals surface area contributed by atoms with Crippen LogP contribution in [0, 0.1) is 5.92 Å². The number of hydrogen-bond donors (Lipinski definition) is 1. The van der Waals surface area contributed by atoms with Gasteiger partial charge in [-0.2, -0.15) is 4.31 Å². The predicted molar refractivity (Wildman–Crippen MR) is 122 cm³/mol. The summed E-state index contributed by atoms with van der Waals surface area (Å²) in [5.41, 5.74) is 1.76. The Morgan fingerprint density at radius 1 is 1.18 bits per heavy atom. The molecular formula is C22H23N3O6S2. The Hall–Kier alpha value is -3.02. The lowest BCUT2D eigenvalue weighted by Gasteiger charge is -2.29. The Morgan fingerprint density at radius 3 is 2.61 bits per heavy atom. The molecule has 11 heteroatoms. The number of piperidine rings is 1. The Labute approximate surface area is 195 Å². The first-order valence-corrected chi connectivity index (χ1v) is 12.8. The molecule has 3 heterocycles. The largest absolute Gasteiger partial charge is 0.460 e. The molecule has 0 aliphatic carbocycles. The van der Waals surface area contributed by atoms with E-state index in [1.54, 1.807) is 6.92 Å². The minimum absolute atomic E-state index is 0.158. The van der Waals surface area contributed by atoms with E-state index in [9.17, 15) is 18.0 Å². The number of sulfonamides is 1. The third kappa shape index (κ3) is 5.15. The predicted octanol–water partition coefficient (Wildman–Crippen LogP) is 3.62. The second kappa shape index (κ2) is 9.86. The van der Waals surface area contributed by atoms with Crippen LogP contribution in [0.25, 0.3) is 11.3 Å². The summed E-state index contributed by atoms with van der Waals surface area (Å²) >= 11 is 1.35. The van der Waals surface area contributed by atoms with Crippen molar-refractivity contribution in [1.29, 1.82) is 0 Å². The van der Waals surface area contributed by atoms with Gasteiger partial charge < -0.3 is 14.5 Å². The molecule has 4 rings (SSSR count). The molecule has 0 bridgehead atoms. The van der Waals surface area contributed by atoms with E-state index in [1.165, 1.54) is 27.8 Å². The number of carbonyl (C=O) groups excluding carboxylic acids is 2. The lowest BCUT2D eigenvalue weighted by Crippen LogP contribution is -2.41. The van der Waals surface area contributed by atoms with Crippen LogP contribution in [0.15, 0.2) is 57.4 Å². The van der Waals surface area contributed by atoms with Gasteiger partial charge in [-0.1, -0.05) is 30.3 Å². The Kier molecular flexibility index (Phi) is 6.91. The molecule has 33 heavy (non-hydrogen) atoms. The summed E-state index contributed by atoms with van der Waals surface area (Å²) in [7, 11) is -3.91. The minimum Gasteiger partial charge on any atom is -0.460 e. The van der Waals surface area contributed by atoms with Crippen LogP contribution in [-0.2, 0) is 19.6 Å². The van der Waals surface area contributed by atoms with E-state index >= 15 is 0 Å². The maximum Gasteiger partial charge on any atom is 0.374 e. The fraction of sp³-hybridized carbons (Fsp3) is 0.318. The number of rotatable bonds is 7. The quantitative estimate of drug-likeness (QED) is 0.504. The maximum atomic E-state index is 12.9. The van der Waals surface area contributed by atoms with Gasteiger partial charge in [0, 0.05) is 30.0 Å². The van der Waals surface area contributed by atoms with E-state index in [0.717, 1.165) is 11.3 Å². The fourth-order valence-electron chi connectivity index (χ4n) is 3.54. The third-order valence-electron chi connectivity index (χ3n) is 5.28. The number of aromatic nitrogens is 1. The molecule has 0 radical (unpaired) electrons. The molecule has 0 unspecified atom stereocenters. The summed E-state index contributed by atoms with van der Waals surface area (Å²) in [5, 5.41) is 4.92. The van der Waals surface area contributed by atoms with Gasteiger partial charge in [0.25, 0.3) is 10.0 Å². The summed E-state index contributed by atoms with van der Waals surface area (Å²) in [6.07, 6.45) is 0.737. The average Bonchev–Trinajstić information content (AvgIpc) is 3.51. The first-order valence-electron chi connectivity index (χ1n) is 10.5. The number of esters is 1. The molecule has 1 saturated heterocycles. The Balaban J connectivity index is 1.34. The summed E-state index contributed by atoms with van der Waals surface area (Å²) in [6, 6.07) is 12.2. The van der Waals surface area contributed by atoms with E-state index in [2.05, 4.69) is 10.3 Å². The number of thiazole rings is 1. The summed E-state index contributed by atoms with van der Waals surface area (Å²) in [6.45, 7) is 2.15. The Bertz CT molecular complexity index is 1230. The molecule has 1 N–H and O–H groups in total. The van der Waals surface area contributed by atoms with Gasteiger partial charge >= 0.3 is 5.97 Å². The molecule has 1 fully saturated rings. The van der Waals surface area contributed by atoms with Crippen LogP contribution in [0.1, 0.15) is 30.3 Å². The van der Waals surface area contributed by atoms with Gasteiger partial charge in [-0.05, 0) is 31.9 Å². The molecule has 1 amide bonds. The van der Waals surface area contributed by atoms with Crippen molar-refractivity contribution in [2.24, 2.45) is 5.92 Å². The molecule has 0 atom stereocenters. The topological polar surface area (TPSA) is 119 Å². The van der Waals surface area contributed by atoms with Crippen LogP contribution in [0.5, 0.6) is 0 Å². The molecule has 0 spiro atoms. The van der Waals surface area contributed by atoms with Crippen molar-refractivity contribution < 1.29 is 27.2 Å². The standard InChI is InChI=1S/C22H23N3O6S2/c1-2-30-21(27)18-8-9-19(31-18)33(28,29)25-12-10-16(11-13-25)20(26)24-22-23-17(14-32-22)15-6-4-3-5-7-15/h3-9,14,16H,2,10-13H2,1H3,(H,23,24,26). The smallest absolute Gasteiger partial charge is 0.374 e. The Morgan fingerprint density at radius 2 is 1.91 bits per heavy atom. The van der Waals surface area contributed by atoms with Crippen molar-refractivity contribution >= 4 is 38.4 Å². The molecule has 3 aromatic rings. The van der Waals surface area contributed by atoms with Gasteiger partial charge in [-0.3, -0.25) is 4.79 Å². The van der Waals surface area contributed by atoms with E-state index in [1.807, 2.05) is 35.7 Å². The lowest BCUT2D eigenvalue weighted by atomic mass is 9.97. The monoisotopic (exact) mass is 489 g/mol. The molecule has 9 nitrogen and oxygen atoms in total. The van der Waals surface area contributed by atoms with Crippen molar-refractivity contribution in [3.63, 3.8) is 0 Å². The van der Waals surface area contributed by atoms with Gasteiger partial charge in [0.15, 0.2) is 5.13 Å². The van der Waals surface area contributed by atoms with Crippen LogP contribution >= 0.6 is 11.3 Å². The molecule has 0 saturated carbocycles. The van der Waals surface area contributed by atoms with E-state index in [0.29, 0.717) is 18.0 Å². The van der Waals surface area contributed by atoms with Gasteiger partial charge in [0.05, 0.1) is 12.3 Å². The van der Waals surface area contributed by atoms with E-state index < -0.39 is 16.0 Å². The van der Waals surface area contributed by atoms with Gasteiger partial charge in [-0.15, -0.1) is 11.3 Å². The molecule has 1 aromatic carbocycles. The van der Waals surface area contributed by atoms with Gasteiger partial charge in [0.2, 0.25) is 16.8 Å². The van der Waals surface area contributed by atoms with Crippen LogP contribution in [0.4, 0.5) is 5.13 Å². The number of hydrogen-bond acceptors (Lipinski definition) is 8. The van der Waals surface area contributed by atoms with Crippen LogP contribution < -0.4 is 5.32 Å². The number of amides is 1. The SMILES string of the molecule is CCOC(=O)c1ccc(S(=O)(=O)N2CCC(C(=O)Nc3nc(-c4ccccc4)cs3)CC2)o1. The molecule has 2 aromatic heterocycles. The highest BCUT2D eigenvalue weighted by Gasteiger charge is 2.34. The number of carbonyl (C=O) groups is 2. The van der Waals surface area contributed by atoms with Crippen LogP contribution in [0.2, 0.25) is 0 Å². The third-order valence-corrected chi connectivity index (χ3v) is 7.81. The normalized spacial score (nSPS) is 15.3. The van der Waals surface area contributed by atoms with Crippen molar-refractivity contribution in [3.8, 4) is 11.3 Å². The summed E-state index contributed by atoms with van der Waals surface area (Å²) in [5.74, 6) is -1.38. The molecular weight excluding hydrogens is 466 g/mol. The lowest BCUT2D eigenvalue weighted by molar-refractivity contribution is -0.120. The van der Waals surface area contributed by atoms with Gasteiger partial charge in [0.1, 0.15) is 0 Å². The number of anilines is 1. The summed E-state index contributed by atoms with van der Waals surface area (Å²) in [4.78, 5) is 28.9. The van der Waals surface area contributed by atoms with Crippen LogP contribution in [0.3, 0.4) is 0 Å². The number of benzene rings is 1. The zero-order chi connectivity index (χ0) is 23.4. The molecule has 174 valence electrons. The van der Waals surface area contributed by atoms with Crippen molar-refractivity contribution in [2.75, 3.05) is 25.0 Å². The zero-order valence-corrected chi connectivity index (χ0v) is 19.5. The average molecular weight is 490 g/mol. The van der Waals surface area contributed by atoms with Crippen molar-refractivity contribution in [1.82, 2.24) is 9.29 Å². The second-order valence-corrected chi connectivity index (χ2v) is 10.1. The minimum atomic E-state index is -3.91. The van der Waals surface area contributed by atoms with E-state index in [4.69, 9.17) is 9.15 Å². The summed E-state index contributed by atoms with van der Waals surface area (Å²) < 4.78 is 37.0. The molecule has 1 aliphatic rings. The molecule has 1 aliphatic heterocycles. The first kappa shape index (κ1) is 23.1. The number of nitrogens with one attached hydrogen (secondary N) is 1. The highest BCUT2D eigenvalue weighted by atomic mass is 32.2. The highest BCUT2D eigenvalue weighted by molar-refractivity contribution is 7.89. The van der Waals surface area contributed by atoms with Crippen molar-refractivity contribution in [2.45, 2.75) is 24.9 Å². The van der Waals surface area contributed by atoms with Crippen molar-refractivity contribution in [3.05, 3.63) is 53.6 Å². The fourth-order valence-corrected chi connectivity index (χ4v) is 5.64. The highest BCUT2D eigenvalue weighted by Crippen LogP contribution is 2.28. The van der Waals surface area contributed by atoms with Crippen LogP contribution in [-0.4, -0.2) is 49.3 Å². The van der Waals surface area contributed by atoms with Gasteiger partial charge in [-0.25, -0.2) is 18.2 Å². The number of furan rings is 1.